The molecule has 0 fully saturated rings. The van der Waals surface area contributed by atoms with Gasteiger partial charge in [0.1, 0.15) is 0 Å². The number of hydrogen-bond acceptors (Lipinski definition) is 2. The van der Waals surface area contributed by atoms with Crippen LogP contribution in [0.4, 0.5) is 0 Å². The summed E-state index contributed by atoms with van der Waals surface area (Å²) in [5.41, 5.74) is 10.5. The van der Waals surface area contributed by atoms with Crippen molar-refractivity contribution in [2.45, 2.75) is 72.1 Å². The molecule has 0 unspecified atom stereocenters. The van der Waals surface area contributed by atoms with E-state index in [1.807, 2.05) is 0 Å². The summed E-state index contributed by atoms with van der Waals surface area (Å²) in [6.07, 6.45) is 4.90. The lowest BCUT2D eigenvalue weighted by molar-refractivity contribution is -0.139. The van der Waals surface area contributed by atoms with Gasteiger partial charge in [-0.3, -0.25) is 0 Å². The van der Waals surface area contributed by atoms with E-state index in [4.69, 9.17) is 4.74 Å². The number of allylic oxidation sites excluding steroid dienone is 1. The largest absolute Gasteiger partial charge is 0.462 e. The lowest BCUT2D eigenvalue weighted by Gasteiger charge is -2.23. The Morgan fingerprint density at radius 3 is 1.87 bits per heavy atom. The fourth-order valence-electron chi connectivity index (χ4n) is 6.08. The standard InChI is InChI=1S/C43H46O2/c1-8-30(4)32-21-23-34(24-22-32)40-36-15-11-12-16-37(36)41(39-28-35(43(5,6)7)25-26-38(39)40)33-19-17-31(18-20-33)14-10-9-13-27-45-42(44)29(2)3/h11-12,15-26,28H,2,4,8-10,13-14,27H2,1,3,5-7H3. The first kappa shape index (κ1) is 32.0. The highest BCUT2D eigenvalue weighted by Gasteiger charge is 2.20. The van der Waals surface area contributed by atoms with Crippen LogP contribution in [0.5, 0.6) is 0 Å². The molecule has 0 bridgehead atoms. The van der Waals surface area contributed by atoms with Crippen LogP contribution >= 0.6 is 0 Å². The third-order valence-corrected chi connectivity index (χ3v) is 8.83. The molecule has 0 saturated heterocycles. The Labute approximate surface area is 269 Å². The van der Waals surface area contributed by atoms with E-state index in [2.05, 4.69) is 132 Å². The number of rotatable bonds is 11. The number of ether oxygens (including phenoxy) is 1. The van der Waals surface area contributed by atoms with Crippen LogP contribution < -0.4 is 0 Å². The summed E-state index contributed by atoms with van der Waals surface area (Å²) in [5, 5.41) is 5.09. The van der Waals surface area contributed by atoms with Crippen molar-refractivity contribution in [2.75, 3.05) is 6.61 Å². The molecular formula is C43H46O2. The van der Waals surface area contributed by atoms with Crippen molar-refractivity contribution in [2.24, 2.45) is 0 Å². The highest BCUT2D eigenvalue weighted by atomic mass is 16.5. The highest BCUT2D eigenvalue weighted by Crippen LogP contribution is 2.45. The Bertz CT molecular complexity index is 1850. The van der Waals surface area contributed by atoms with Crippen molar-refractivity contribution in [3.63, 3.8) is 0 Å². The van der Waals surface area contributed by atoms with Gasteiger partial charge < -0.3 is 4.74 Å². The summed E-state index contributed by atoms with van der Waals surface area (Å²) in [4.78, 5) is 11.6. The van der Waals surface area contributed by atoms with E-state index in [-0.39, 0.29) is 11.4 Å². The summed E-state index contributed by atoms with van der Waals surface area (Å²) in [5.74, 6) is -0.301. The van der Waals surface area contributed by atoms with Crippen LogP contribution in [-0.2, 0) is 21.4 Å². The van der Waals surface area contributed by atoms with E-state index >= 15 is 0 Å². The van der Waals surface area contributed by atoms with Crippen molar-refractivity contribution >= 4 is 33.1 Å². The molecule has 230 valence electrons. The van der Waals surface area contributed by atoms with Gasteiger partial charge in [-0.05, 0) is 117 Å². The zero-order valence-electron chi connectivity index (χ0n) is 27.6. The van der Waals surface area contributed by atoms with Crippen LogP contribution in [0.1, 0.15) is 77.0 Å². The number of fused-ring (bicyclic) bond motifs is 2. The molecule has 0 N–H and O–H groups in total. The van der Waals surface area contributed by atoms with Crippen molar-refractivity contribution < 1.29 is 9.53 Å². The number of aryl methyl sites for hydroxylation is 1. The first-order valence-corrected chi connectivity index (χ1v) is 16.3. The van der Waals surface area contributed by atoms with Gasteiger partial charge in [-0.1, -0.05) is 126 Å². The Morgan fingerprint density at radius 2 is 1.29 bits per heavy atom. The van der Waals surface area contributed by atoms with Gasteiger partial charge in [0, 0.05) is 5.57 Å². The summed E-state index contributed by atoms with van der Waals surface area (Å²) in [6.45, 7) is 19.0. The molecule has 5 rings (SSSR count). The molecule has 45 heavy (non-hydrogen) atoms. The van der Waals surface area contributed by atoms with E-state index in [1.54, 1.807) is 6.92 Å². The molecule has 5 aromatic carbocycles. The molecule has 0 aliphatic heterocycles. The summed E-state index contributed by atoms with van der Waals surface area (Å²) in [7, 11) is 0. The van der Waals surface area contributed by atoms with Crippen LogP contribution in [0, 0.1) is 0 Å². The van der Waals surface area contributed by atoms with Gasteiger partial charge in [0.15, 0.2) is 0 Å². The zero-order chi connectivity index (χ0) is 32.1. The lowest BCUT2D eigenvalue weighted by atomic mass is 9.81. The van der Waals surface area contributed by atoms with Crippen molar-refractivity contribution in [1.29, 1.82) is 0 Å². The molecule has 0 aromatic heterocycles. The van der Waals surface area contributed by atoms with Crippen molar-refractivity contribution in [1.82, 2.24) is 0 Å². The monoisotopic (exact) mass is 594 g/mol. The molecular weight excluding hydrogens is 548 g/mol. The fraction of sp³-hybridized carbons (Fsp3) is 0.279. The maximum absolute atomic E-state index is 11.6. The number of unbranched alkanes of at least 4 members (excludes halogenated alkanes) is 2. The van der Waals surface area contributed by atoms with E-state index in [1.165, 1.54) is 60.5 Å². The molecule has 0 amide bonds. The molecule has 0 aliphatic carbocycles. The average molecular weight is 595 g/mol. The Hall–Kier alpha value is -4.43. The van der Waals surface area contributed by atoms with Crippen molar-refractivity contribution in [3.8, 4) is 22.3 Å². The van der Waals surface area contributed by atoms with Gasteiger partial charge in [0.2, 0.25) is 0 Å². The minimum Gasteiger partial charge on any atom is -0.462 e. The maximum Gasteiger partial charge on any atom is 0.333 e. The SMILES string of the molecule is C=C(C)C(=O)OCCCCCc1ccc(-c2c3ccccc3c(-c3ccc(C(=C)CC)cc3)c3ccc(C(C)(C)C)cc23)cc1. The molecule has 0 heterocycles. The smallest absolute Gasteiger partial charge is 0.333 e. The number of carbonyl (C=O) groups excluding carboxylic acids is 1. The normalized spacial score (nSPS) is 11.6. The number of carbonyl (C=O) groups is 1. The first-order chi connectivity index (χ1) is 21.6. The van der Waals surface area contributed by atoms with E-state index in [0.29, 0.717) is 12.2 Å². The topological polar surface area (TPSA) is 26.3 Å². The third-order valence-electron chi connectivity index (χ3n) is 8.83. The van der Waals surface area contributed by atoms with Crippen LogP contribution in [0.15, 0.2) is 110 Å². The van der Waals surface area contributed by atoms with Crippen molar-refractivity contribution in [3.05, 3.63) is 126 Å². The molecule has 0 radical (unpaired) electrons. The molecule has 2 nitrogen and oxygen atoms in total. The predicted molar refractivity (Wildman–Crippen MR) is 194 cm³/mol. The Kier molecular flexibility index (Phi) is 9.73. The average Bonchev–Trinajstić information content (AvgIpc) is 3.04. The van der Waals surface area contributed by atoms with Gasteiger partial charge in [-0.2, -0.15) is 0 Å². The molecule has 0 saturated carbocycles. The van der Waals surface area contributed by atoms with Gasteiger partial charge in [0.25, 0.3) is 0 Å². The summed E-state index contributed by atoms with van der Waals surface area (Å²) >= 11 is 0. The summed E-state index contributed by atoms with van der Waals surface area (Å²) < 4.78 is 5.23. The molecule has 0 atom stereocenters. The Morgan fingerprint density at radius 1 is 0.711 bits per heavy atom. The number of benzene rings is 5. The van der Waals surface area contributed by atoms with Crippen LogP contribution in [-0.4, -0.2) is 12.6 Å². The number of esters is 1. The first-order valence-electron chi connectivity index (χ1n) is 16.3. The zero-order valence-corrected chi connectivity index (χ0v) is 27.6. The second-order valence-electron chi connectivity index (χ2n) is 13.3. The van der Waals surface area contributed by atoms with Gasteiger partial charge >= 0.3 is 5.97 Å². The fourth-order valence-corrected chi connectivity index (χ4v) is 6.08. The third kappa shape index (κ3) is 7.12. The minimum atomic E-state index is -0.301. The van der Waals surface area contributed by atoms with Gasteiger partial charge in [-0.25, -0.2) is 4.79 Å². The van der Waals surface area contributed by atoms with E-state index < -0.39 is 0 Å². The maximum atomic E-state index is 11.6. The molecule has 5 aromatic rings. The molecule has 0 spiro atoms. The summed E-state index contributed by atoms with van der Waals surface area (Å²) in [6, 6.07) is 34.0. The van der Waals surface area contributed by atoms with Gasteiger partial charge in [0.05, 0.1) is 6.61 Å². The van der Waals surface area contributed by atoms with Crippen LogP contribution in [0.3, 0.4) is 0 Å². The Balaban J connectivity index is 1.53. The van der Waals surface area contributed by atoms with E-state index in [9.17, 15) is 4.79 Å². The predicted octanol–water partition coefficient (Wildman–Crippen LogP) is 11.9. The molecule has 0 aliphatic rings. The minimum absolute atomic E-state index is 0.0339. The van der Waals surface area contributed by atoms with Crippen LogP contribution in [0.2, 0.25) is 0 Å². The lowest BCUT2D eigenvalue weighted by Crippen LogP contribution is -2.10. The quantitative estimate of drug-likeness (QED) is 0.0658. The van der Waals surface area contributed by atoms with Gasteiger partial charge in [-0.15, -0.1) is 0 Å². The second-order valence-corrected chi connectivity index (χ2v) is 13.3. The second kappa shape index (κ2) is 13.7. The van der Waals surface area contributed by atoms with Crippen LogP contribution in [0.25, 0.3) is 49.4 Å². The number of hydrogen-bond donors (Lipinski definition) is 0. The highest BCUT2D eigenvalue weighted by molar-refractivity contribution is 6.21. The molecule has 2 heteroatoms. The van der Waals surface area contributed by atoms with E-state index in [0.717, 1.165) is 37.7 Å².